The van der Waals surface area contributed by atoms with Crippen molar-refractivity contribution >= 4 is 28.6 Å². The summed E-state index contributed by atoms with van der Waals surface area (Å²) in [5, 5.41) is 0.727. The van der Waals surface area contributed by atoms with E-state index in [9.17, 15) is 0 Å². The number of rotatable bonds is 4. The number of fused-ring (bicyclic) bond motifs is 1. The summed E-state index contributed by atoms with van der Waals surface area (Å²) in [6.07, 6.45) is 1.97. The number of nitrogens with two attached hydrogens (primary N) is 1. The van der Waals surface area contributed by atoms with Gasteiger partial charge in [-0.15, -0.1) is 0 Å². The summed E-state index contributed by atoms with van der Waals surface area (Å²) in [6, 6.07) is 22.4. The van der Waals surface area contributed by atoms with E-state index in [-0.39, 0.29) is 0 Å². The molecule has 1 fully saturated rings. The number of halogens is 1. The minimum Gasteiger partial charge on any atom is -0.398 e. The zero-order valence-corrected chi connectivity index (χ0v) is 17.5. The highest BCUT2D eigenvalue weighted by Crippen LogP contribution is 2.28. The molecule has 0 atom stereocenters. The number of hydrogen-bond acceptors (Lipinski definition) is 4. The van der Waals surface area contributed by atoms with Gasteiger partial charge in [0, 0.05) is 60.9 Å². The topological polar surface area (TPSA) is 49.8 Å². The molecule has 2 aromatic heterocycles. The second-order valence-electron chi connectivity index (χ2n) is 7.70. The first-order valence-corrected chi connectivity index (χ1v) is 10.6. The molecule has 0 bridgehead atoms. The van der Waals surface area contributed by atoms with Crippen LogP contribution in [0.1, 0.15) is 5.69 Å². The van der Waals surface area contributed by atoms with Crippen LogP contribution in [0.2, 0.25) is 5.02 Å². The number of nitrogens with zero attached hydrogens (tertiary/aromatic N) is 4. The van der Waals surface area contributed by atoms with E-state index in [4.69, 9.17) is 22.3 Å². The predicted octanol–water partition coefficient (Wildman–Crippen LogP) is 4.56. The molecule has 0 radical (unpaired) electrons. The number of pyridine rings is 1. The summed E-state index contributed by atoms with van der Waals surface area (Å²) in [4.78, 5) is 9.85. The standard InChI is InChI=1S/C24H24ClN5/c25-19-8-6-18(7-9-19)24-22(30-16-20(26)10-11-23(30)27-24)17-28-12-14-29(15-13-28)21-4-2-1-3-5-21/h1-11,16H,12-15,17,26H2. The Bertz CT molecular complexity index is 1150. The van der Waals surface area contributed by atoms with Crippen molar-refractivity contribution < 1.29 is 0 Å². The number of piperazine rings is 1. The lowest BCUT2D eigenvalue weighted by Gasteiger charge is -2.36. The minimum atomic E-state index is 0.727. The molecule has 1 saturated heterocycles. The zero-order valence-electron chi connectivity index (χ0n) is 16.7. The van der Waals surface area contributed by atoms with E-state index in [2.05, 4.69) is 44.5 Å². The molecular formula is C24H24ClN5. The summed E-state index contributed by atoms with van der Waals surface area (Å²) < 4.78 is 2.13. The van der Waals surface area contributed by atoms with Crippen molar-refractivity contribution in [1.29, 1.82) is 0 Å². The highest BCUT2D eigenvalue weighted by Gasteiger charge is 2.21. The Labute approximate surface area is 181 Å². The lowest BCUT2D eigenvalue weighted by Crippen LogP contribution is -2.46. The third kappa shape index (κ3) is 3.74. The van der Waals surface area contributed by atoms with Gasteiger partial charge in [-0.1, -0.05) is 41.9 Å². The number of anilines is 2. The predicted molar refractivity (Wildman–Crippen MR) is 124 cm³/mol. The van der Waals surface area contributed by atoms with Gasteiger partial charge in [0.1, 0.15) is 5.65 Å². The van der Waals surface area contributed by atoms with Crippen LogP contribution in [-0.2, 0) is 6.54 Å². The summed E-state index contributed by atoms with van der Waals surface area (Å²) in [7, 11) is 0. The fourth-order valence-corrected chi connectivity index (χ4v) is 4.24. The molecule has 5 nitrogen and oxygen atoms in total. The number of para-hydroxylation sites is 1. The van der Waals surface area contributed by atoms with Crippen molar-refractivity contribution in [3.63, 3.8) is 0 Å². The second kappa shape index (κ2) is 8.01. The summed E-state index contributed by atoms with van der Waals surface area (Å²) in [5.41, 5.74) is 12.2. The molecule has 0 amide bonds. The Balaban J connectivity index is 1.43. The van der Waals surface area contributed by atoms with Crippen molar-refractivity contribution in [3.05, 3.63) is 83.6 Å². The molecule has 30 heavy (non-hydrogen) atoms. The SMILES string of the molecule is Nc1ccc2nc(-c3ccc(Cl)cc3)c(CN3CCN(c4ccccc4)CC3)n2c1. The normalized spacial score (nSPS) is 15.0. The van der Waals surface area contributed by atoms with Crippen LogP contribution in [0.5, 0.6) is 0 Å². The molecule has 4 aromatic rings. The molecule has 0 saturated carbocycles. The summed E-state index contributed by atoms with van der Waals surface area (Å²) >= 11 is 6.10. The van der Waals surface area contributed by atoms with Gasteiger partial charge in [-0.3, -0.25) is 4.90 Å². The number of hydrogen-bond donors (Lipinski definition) is 1. The van der Waals surface area contributed by atoms with E-state index in [0.717, 1.165) is 66.0 Å². The average molecular weight is 418 g/mol. The Kier molecular flexibility index (Phi) is 5.07. The molecule has 1 aliphatic heterocycles. The molecule has 3 heterocycles. The van der Waals surface area contributed by atoms with Crippen LogP contribution in [0.15, 0.2) is 72.9 Å². The van der Waals surface area contributed by atoms with Gasteiger partial charge < -0.3 is 15.0 Å². The quantitative estimate of drug-likeness (QED) is 0.529. The maximum absolute atomic E-state index is 6.10. The van der Waals surface area contributed by atoms with Gasteiger partial charge in [0.05, 0.1) is 11.4 Å². The van der Waals surface area contributed by atoms with Crippen LogP contribution < -0.4 is 10.6 Å². The number of benzene rings is 2. The van der Waals surface area contributed by atoms with E-state index >= 15 is 0 Å². The second-order valence-corrected chi connectivity index (χ2v) is 8.14. The van der Waals surface area contributed by atoms with Crippen molar-refractivity contribution in [1.82, 2.24) is 14.3 Å². The van der Waals surface area contributed by atoms with Gasteiger partial charge in [-0.2, -0.15) is 0 Å². The van der Waals surface area contributed by atoms with Crippen molar-refractivity contribution in [2.75, 3.05) is 36.8 Å². The first kappa shape index (κ1) is 19.0. The van der Waals surface area contributed by atoms with E-state index < -0.39 is 0 Å². The van der Waals surface area contributed by atoms with E-state index in [0.29, 0.717) is 0 Å². The molecule has 0 unspecified atom stereocenters. The number of aromatic nitrogens is 2. The molecular weight excluding hydrogens is 394 g/mol. The highest BCUT2D eigenvalue weighted by molar-refractivity contribution is 6.30. The Morgan fingerprint density at radius 1 is 0.867 bits per heavy atom. The highest BCUT2D eigenvalue weighted by atomic mass is 35.5. The van der Waals surface area contributed by atoms with Gasteiger partial charge in [0.15, 0.2) is 0 Å². The van der Waals surface area contributed by atoms with Crippen molar-refractivity contribution in [3.8, 4) is 11.3 Å². The smallest absolute Gasteiger partial charge is 0.137 e. The molecule has 152 valence electrons. The first-order valence-electron chi connectivity index (χ1n) is 10.2. The van der Waals surface area contributed by atoms with Crippen molar-refractivity contribution in [2.45, 2.75) is 6.54 Å². The van der Waals surface area contributed by atoms with Crippen LogP contribution in [0, 0.1) is 0 Å². The van der Waals surface area contributed by atoms with E-state index in [1.165, 1.54) is 5.69 Å². The molecule has 0 aliphatic carbocycles. The lowest BCUT2D eigenvalue weighted by molar-refractivity contribution is 0.247. The maximum Gasteiger partial charge on any atom is 0.137 e. The Morgan fingerprint density at radius 2 is 1.60 bits per heavy atom. The number of imidazole rings is 1. The van der Waals surface area contributed by atoms with Crippen LogP contribution in [0.25, 0.3) is 16.9 Å². The van der Waals surface area contributed by atoms with E-state index in [1.807, 2.05) is 42.6 Å². The fraction of sp³-hybridized carbons (Fsp3) is 0.208. The number of nitrogen functional groups attached to an aromatic ring is 1. The average Bonchev–Trinajstić information content (AvgIpc) is 3.13. The van der Waals surface area contributed by atoms with Gasteiger partial charge in [-0.05, 0) is 36.4 Å². The molecule has 6 heteroatoms. The van der Waals surface area contributed by atoms with Gasteiger partial charge in [0.2, 0.25) is 0 Å². The minimum absolute atomic E-state index is 0.727. The fourth-order valence-electron chi connectivity index (χ4n) is 4.11. The molecule has 0 spiro atoms. The molecule has 2 aromatic carbocycles. The molecule has 1 aliphatic rings. The van der Waals surface area contributed by atoms with Crippen LogP contribution in [-0.4, -0.2) is 40.5 Å². The van der Waals surface area contributed by atoms with Gasteiger partial charge in [-0.25, -0.2) is 4.98 Å². The molecule has 5 rings (SSSR count). The van der Waals surface area contributed by atoms with Crippen molar-refractivity contribution in [2.24, 2.45) is 0 Å². The lowest BCUT2D eigenvalue weighted by atomic mass is 10.1. The van der Waals surface area contributed by atoms with Gasteiger partial charge >= 0.3 is 0 Å². The van der Waals surface area contributed by atoms with Crippen LogP contribution in [0.4, 0.5) is 11.4 Å². The zero-order chi connectivity index (χ0) is 20.5. The van der Waals surface area contributed by atoms with E-state index in [1.54, 1.807) is 0 Å². The van der Waals surface area contributed by atoms with Gasteiger partial charge in [0.25, 0.3) is 0 Å². The Hall–Kier alpha value is -3.02. The van der Waals surface area contributed by atoms with Crippen LogP contribution >= 0.6 is 11.6 Å². The maximum atomic E-state index is 6.10. The largest absolute Gasteiger partial charge is 0.398 e. The monoisotopic (exact) mass is 417 g/mol. The first-order chi connectivity index (χ1) is 14.7. The Morgan fingerprint density at radius 3 is 2.33 bits per heavy atom. The third-order valence-corrected chi connectivity index (χ3v) is 5.98. The summed E-state index contributed by atoms with van der Waals surface area (Å²) in [5.74, 6) is 0. The van der Waals surface area contributed by atoms with Crippen LogP contribution in [0.3, 0.4) is 0 Å². The molecule has 2 N–H and O–H groups in total. The summed E-state index contributed by atoms with van der Waals surface area (Å²) in [6.45, 7) is 4.86. The third-order valence-electron chi connectivity index (χ3n) is 5.73.